The SMILES string of the molecule is O=C(/C=C/c1ccccc1)NC1CCC(Oc2ncc(Cl)cn2)CC1. The molecular formula is C19H20ClN3O2. The highest BCUT2D eigenvalue weighted by molar-refractivity contribution is 6.30. The van der Waals surface area contributed by atoms with Crippen molar-refractivity contribution in [1.82, 2.24) is 15.3 Å². The second-order valence-electron chi connectivity index (χ2n) is 6.03. The fourth-order valence-corrected chi connectivity index (χ4v) is 2.92. The minimum Gasteiger partial charge on any atom is -0.460 e. The molecule has 0 saturated heterocycles. The molecule has 130 valence electrons. The molecule has 0 bridgehead atoms. The number of nitrogens with zero attached hydrogens (tertiary/aromatic N) is 2. The molecule has 0 aliphatic heterocycles. The number of amides is 1. The van der Waals surface area contributed by atoms with Crippen molar-refractivity contribution in [1.29, 1.82) is 0 Å². The lowest BCUT2D eigenvalue weighted by Gasteiger charge is -2.28. The molecule has 0 atom stereocenters. The van der Waals surface area contributed by atoms with E-state index in [0.29, 0.717) is 11.0 Å². The Balaban J connectivity index is 1.42. The molecule has 3 rings (SSSR count). The van der Waals surface area contributed by atoms with Crippen LogP contribution in [0.5, 0.6) is 6.01 Å². The number of nitrogens with one attached hydrogen (secondary N) is 1. The number of aromatic nitrogens is 2. The van der Waals surface area contributed by atoms with E-state index >= 15 is 0 Å². The van der Waals surface area contributed by atoms with Gasteiger partial charge in [0.1, 0.15) is 6.10 Å². The van der Waals surface area contributed by atoms with Gasteiger partial charge in [0, 0.05) is 12.1 Å². The van der Waals surface area contributed by atoms with Crippen LogP contribution < -0.4 is 10.1 Å². The van der Waals surface area contributed by atoms with Crippen molar-refractivity contribution >= 4 is 23.6 Å². The topological polar surface area (TPSA) is 64.1 Å². The van der Waals surface area contributed by atoms with Gasteiger partial charge < -0.3 is 10.1 Å². The minimum atomic E-state index is -0.0609. The number of carbonyl (C=O) groups excluding carboxylic acids is 1. The molecule has 2 aromatic rings. The lowest BCUT2D eigenvalue weighted by atomic mass is 9.93. The summed E-state index contributed by atoms with van der Waals surface area (Å²) in [6.45, 7) is 0. The number of benzene rings is 1. The third-order valence-electron chi connectivity index (χ3n) is 4.12. The van der Waals surface area contributed by atoms with Crippen LogP contribution in [-0.4, -0.2) is 28.0 Å². The van der Waals surface area contributed by atoms with Crippen molar-refractivity contribution in [3.63, 3.8) is 0 Å². The largest absolute Gasteiger partial charge is 0.460 e. The van der Waals surface area contributed by atoms with Crippen LogP contribution in [0.25, 0.3) is 6.08 Å². The summed E-state index contributed by atoms with van der Waals surface area (Å²) in [6, 6.07) is 10.3. The van der Waals surface area contributed by atoms with Gasteiger partial charge in [-0.2, -0.15) is 0 Å². The molecule has 5 nitrogen and oxygen atoms in total. The van der Waals surface area contributed by atoms with Crippen molar-refractivity contribution in [3.8, 4) is 6.01 Å². The van der Waals surface area contributed by atoms with Crippen LogP contribution in [0.3, 0.4) is 0 Å². The second kappa shape index (κ2) is 8.62. The summed E-state index contributed by atoms with van der Waals surface area (Å²) in [5.74, 6) is -0.0609. The number of hydrogen-bond acceptors (Lipinski definition) is 4. The highest BCUT2D eigenvalue weighted by Crippen LogP contribution is 2.22. The summed E-state index contributed by atoms with van der Waals surface area (Å²) in [5, 5.41) is 3.54. The van der Waals surface area contributed by atoms with Gasteiger partial charge in [0.15, 0.2) is 0 Å². The molecular weight excluding hydrogens is 338 g/mol. The maximum absolute atomic E-state index is 12.0. The zero-order chi connectivity index (χ0) is 17.5. The molecule has 25 heavy (non-hydrogen) atoms. The van der Waals surface area contributed by atoms with Crippen molar-refractivity contribution in [2.24, 2.45) is 0 Å². The van der Waals surface area contributed by atoms with E-state index in [-0.39, 0.29) is 18.1 Å². The summed E-state index contributed by atoms with van der Waals surface area (Å²) in [4.78, 5) is 20.1. The highest BCUT2D eigenvalue weighted by atomic mass is 35.5. The summed E-state index contributed by atoms with van der Waals surface area (Å²) in [6.07, 6.45) is 10.0. The Bertz CT molecular complexity index is 711. The van der Waals surface area contributed by atoms with E-state index in [1.807, 2.05) is 36.4 Å². The molecule has 0 radical (unpaired) electrons. The number of rotatable bonds is 5. The molecule has 6 heteroatoms. The highest BCUT2D eigenvalue weighted by Gasteiger charge is 2.23. The fraction of sp³-hybridized carbons (Fsp3) is 0.316. The number of halogens is 1. The predicted molar refractivity (Wildman–Crippen MR) is 97.3 cm³/mol. The normalized spacial score (nSPS) is 20.4. The van der Waals surface area contributed by atoms with Gasteiger partial charge in [-0.05, 0) is 37.3 Å². The molecule has 1 aromatic heterocycles. The number of ether oxygens (including phenoxy) is 1. The third kappa shape index (κ3) is 5.57. The van der Waals surface area contributed by atoms with Crippen LogP contribution in [0.1, 0.15) is 31.2 Å². The van der Waals surface area contributed by atoms with E-state index < -0.39 is 0 Å². The average molecular weight is 358 g/mol. The van der Waals surface area contributed by atoms with Gasteiger partial charge in [-0.3, -0.25) is 4.79 Å². The van der Waals surface area contributed by atoms with E-state index in [9.17, 15) is 4.79 Å². The predicted octanol–water partition coefficient (Wildman–Crippen LogP) is 3.65. The first kappa shape index (κ1) is 17.4. The standard InChI is InChI=1S/C19H20ClN3O2/c20-15-12-21-19(22-13-15)25-17-9-7-16(8-10-17)23-18(24)11-6-14-4-2-1-3-5-14/h1-6,11-13,16-17H,7-10H2,(H,23,24)/b11-6+. The van der Waals surface area contributed by atoms with Crippen molar-refractivity contribution in [2.75, 3.05) is 0 Å². The van der Waals surface area contributed by atoms with Crippen LogP contribution in [0.4, 0.5) is 0 Å². The zero-order valence-electron chi connectivity index (χ0n) is 13.8. The van der Waals surface area contributed by atoms with Gasteiger partial charge in [0.2, 0.25) is 5.91 Å². The molecule has 1 aliphatic rings. The summed E-state index contributed by atoms with van der Waals surface area (Å²) in [7, 11) is 0. The lowest BCUT2D eigenvalue weighted by molar-refractivity contribution is -0.117. The van der Waals surface area contributed by atoms with E-state index in [0.717, 1.165) is 31.2 Å². The second-order valence-corrected chi connectivity index (χ2v) is 6.46. The molecule has 1 heterocycles. The molecule has 0 spiro atoms. The van der Waals surface area contributed by atoms with E-state index in [2.05, 4.69) is 15.3 Å². The molecule has 1 aromatic carbocycles. The van der Waals surface area contributed by atoms with Gasteiger partial charge in [-0.25, -0.2) is 9.97 Å². The average Bonchev–Trinajstić information content (AvgIpc) is 2.64. The van der Waals surface area contributed by atoms with Crippen LogP contribution in [0.2, 0.25) is 5.02 Å². The maximum Gasteiger partial charge on any atom is 0.316 e. The quantitative estimate of drug-likeness (QED) is 0.829. The Morgan fingerprint density at radius 2 is 1.80 bits per heavy atom. The van der Waals surface area contributed by atoms with Crippen LogP contribution in [-0.2, 0) is 4.79 Å². The Kier molecular flexibility index (Phi) is 6.01. The maximum atomic E-state index is 12.0. The van der Waals surface area contributed by atoms with Gasteiger partial charge in [0.25, 0.3) is 0 Å². The summed E-state index contributed by atoms with van der Waals surface area (Å²) < 4.78 is 5.76. The van der Waals surface area contributed by atoms with Crippen LogP contribution in [0.15, 0.2) is 48.8 Å². The van der Waals surface area contributed by atoms with Gasteiger partial charge in [-0.15, -0.1) is 0 Å². The Morgan fingerprint density at radius 1 is 1.12 bits per heavy atom. The number of hydrogen-bond donors (Lipinski definition) is 1. The van der Waals surface area contributed by atoms with Gasteiger partial charge in [0.05, 0.1) is 17.4 Å². The molecule has 1 amide bonds. The molecule has 0 unspecified atom stereocenters. The Labute approximate surface area is 152 Å². The molecule has 1 aliphatic carbocycles. The zero-order valence-corrected chi connectivity index (χ0v) is 14.5. The van der Waals surface area contributed by atoms with Crippen molar-refractivity contribution < 1.29 is 9.53 Å². The van der Waals surface area contributed by atoms with Crippen molar-refractivity contribution in [2.45, 2.75) is 37.8 Å². The Hall–Kier alpha value is -2.40. The van der Waals surface area contributed by atoms with Crippen molar-refractivity contribution in [3.05, 3.63) is 59.4 Å². The first-order valence-corrected chi connectivity index (χ1v) is 8.74. The smallest absolute Gasteiger partial charge is 0.316 e. The first-order valence-electron chi connectivity index (χ1n) is 8.37. The van der Waals surface area contributed by atoms with Crippen LogP contribution >= 0.6 is 11.6 Å². The summed E-state index contributed by atoms with van der Waals surface area (Å²) in [5.41, 5.74) is 1.01. The van der Waals surface area contributed by atoms with Gasteiger partial charge in [-0.1, -0.05) is 41.9 Å². The molecule has 1 fully saturated rings. The number of carbonyl (C=O) groups is 1. The van der Waals surface area contributed by atoms with E-state index in [1.54, 1.807) is 6.08 Å². The third-order valence-corrected chi connectivity index (χ3v) is 4.31. The Morgan fingerprint density at radius 3 is 2.48 bits per heavy atom. The summed E-state index contributed by atoms with van der Waals surface area (Å²) >= 11 is 5.76. The fourth-order valence-electron chi connectivity index (χ4n) is 2.82. The minimum absolute atomic E-state index is 0.0609. The first-order chi connectivity index (χ1) is 12.2. The molecule has 1 N–H and O–H groups in total. The monoisotopic (exact) mass is 357 g/mol. The molecule has 1 saturated carbocycles. The lowest BCUT2D eigenvalue weighted by Crippen LogP contribution is -2.39. The van der Waals surface area contributed by atoms with E-state index in [4.69, 9.17) is 16.3 Å². The van der Waals surface area contributed by atoms with Crippen LogP contribution in [0, 0.1) is 0 Å². The van der Waals surface area contributed by atoms with Gasteiger partial charge >= 0.3 is 6.01 Å². The van der Waals surface area contributed by atoms with E-state index in [1.165, 1.54) is 12.4 Å².